The molecule has 7 heteroatoms. The van der Waals surface area contributed by atoms with E-state index in [4.69, 9.17) is 5.73 Å². The van der Waals surface area contributed by atoms with Crippen LogP contribution in [0.4, 0.5) is 17.5 Å². The lowest BCUT2D eigenvalue weighted by Gasteiger charge is -2.29. The molecule has 0 bridgehead atoms. The molecule has 0 saturated heterocycles. The molecule has 25 heavy (non-hydrogen) atoms. The summed E-state index contributed by atoms with van der Waals surface area (Å²) >= 11 is 0. The number of hydrogen-bond acceptors (Lipinski definition) is 6. The second-order valence-electron chi connectivity index (χ2n) is 6.10. The number of aliphatic imine (C=N–C) groups is 1. The van der Waals surface area contributed by atoms with Crippen molar-refractivity contribution < 1.29 is 4.79 Å². The van der Waals surface area contributed by atoms with Crippen molar-refractivity contribution in [2.24, 2.45) is 10.7 Å². The summed E-state index contributed by atoms with van der Waals surface area (Å²) in [7, 11) is 0. The first-order valence-electron chi connectivity index (χ1n) is 8.38. The van der Waals surface area contributed by atoms with Crippen molar-refractivity contribution in [3.05, 3.63) is 42.1 Å². The first-order chi connectivity index (χ1) is 12.2. The van der Waals surface area contributed by atoms with E-state index in [1.54, 1.807) is 0 Å². The third-order valence-electron chi connectivity index (χ3n) is 4.37. The zero-order valence-electron chi connectivity index (χ0n) is 14.0. The topological polar surface area (TPSA) is 105 Å². The standard InChI is InChI=1S/C18H22N6O/c1-20-14-9-5-6-10-15(14)23-18-21-11-13(16(19)25)17(24-18)22-12-7-3-2-4-8-12/h2-4,7-8,11,14-15H,1,5-6,9-10H2,(H2,19,25)(H2,21,22,23,24)/t14-,15+/m0/s1. The number of nitrogens with zero attached hydrogens (tertiary/aromatic N) is 3. The van der Waals surface area contributed by atoms with Gasteiger partial charge in [-0.15, -0.1) is 0 Å². The molecule has 0 spiro atoms. The van der Waals surface area contributed by atoms with Crippen LogP contribution >= 0.6 is 0 Å². The number of para-hydroxylation sites is 1. The van der Waals surface area contributed by atoms with Crippen LogP contribution in [0, 0.1) is 0 Å². The maximum atomic E-state index is 11.7. The number of nitrogens with one attached hydrogen (secondary N) is 2. The molecule has 7 nitrogen and oxygen atoms in total. The summed E-state index contributed by atoms with van der Waals surface area (Å²) in [5.74, 6) is 0.257. The number of carbonyl (C=O) groups excluding carboxylic acids is 1. The van der Waals surface area contributed by atoms with Gasteiger partial charge in [0.2, 0.25) is 5.95 Å². The molecule has 2 aromatic rings. The second-order valence-corrected chi connectivity index (χ2v) is 6.10. The van der Waals surface area contributed by atoms with E-state index in [1.807, 2.05) is 30.3 Å². The van der Waals surface area contributed by atoms with Crippen molar-refractivity contribution in [1.29, 1.82) is 0 Å². The molecule has 4 N–H and O–H groups in total. The van der Waals surface area contributed by atoms with Crippen molar-refractivity contribution in [2.45, 2.75) is 37.8 Å². The summed E-state index contributed by atoms with van der Waals surface area (Å²) in [6.07, 6.45) is 5.74. The van der Waals surface area contributed by atoms with Crippen molar-refractivity contribution in [2.75, 3.05) is 10.6 Å². The lowest BCUT2D eigenvalue weighted by atomic mass is 9.91. The Bertz CT molecular complexity index is 748. The minimum Gasteiger partial charge on any atom is -0.365 e. The van der Waals surface area contributed by atoms with Crippen LogP contribution in [0.1, 0.15) is 36.0 Å². The molecule has 1 aliphatic rings. The van der Waals surface area contributed by atoms with Crippen LogP contribution in [0.15, 0.2) is 41.5 Å². The molecule has 2 atom stereocenters. The van der Waals surface area contributed by atoms with Crippen LogP contribution in [0.3, 0.4) is 0 Å². The molecular formula is C18H22N6O. The number of aromatic nitrogens is 2. The fourth-order valence-corrected chi connectivity index (χ4v) is 3.05. The average molecular weight is 338 g/mol. The summed E-state index contributed by atoms with van der Waals surface area (Å²) in [6.45, 7) is 3.68. The fraction of sp³-hybridized carbons (Fsp3) is 0.333. The van der Waals surface area contributed by atoms with E-state index >= 15 is 0 Å². The summed E-state index contributed by atoms with van der Waals surface area (Å²) in [4.78, 5) is 24.6. The summed E-state index contributed by atoms with van der Waals surface area (Å²) in [5.41, 5.74) is 6.51. The lowest BCUT2D eigenvalue weighted by molar-refractivity contribution is 0.100. The van der Waals surface area contributed by atoms with Crippen LogP contribution in [0.2, 0.25) is 0 Å². The number of carbonyl (C=O) groups is 1. The Kier molecular flexibility index (Phi) is 5.23. The van der Waals surface area contributed by atoms with Crippen molar-refractivity contribution in [3.8, 4) is 0 Å². The van der Waals surface area contributed by atoms with Crippen LogP contribution in [0.25, 0.3) is 0 Å². The maximum absolute atomic E-state index is 11.7. The predicted molar refractivity (Wildman–Crippen MR) is 99.5 cm³/mol. The first kappa shape index (κ1) is 16.9. The monoisotopic (exact) mass is 338 g/mol. The average Bonchev–Trinajstić information content (AvgIpc) is 2.63. The normalized spacial score (nSPS) is 19.8. The molecule has 0 aliphatic heterocycles. The minimum atomic E-state index is -0.576. The Morgan fingerprint density at radius 2 is 2.00 bits per heavy atom. The van der Waals surface area contributed by atoms with Gasteiger partial charge in [0.25, 0.3) is 5.91 Å². The summed E-state index contributed by atoms with van der Waals surface area (Å²) in [6, 6.07) is 9.79. The van der Waals surface area contributed by atoms with E-state index in [0.29, 0.717) is 11.8 Å². The number of benzene rings is 1. The quantitative estimate of drug-likeness (QED) is 0.702. The van der Waals surface area contributed by atoms with Gasteiger partial charge in [-0.2, -0.15) is 4.98 Å². The molecule has 1 aromatic carbocycles. The molecular weight excluding hydrogens is 316 g/mol. The molecule has 1 fully saturated rings. The van der Waals surface area contributed by atoms with Gasteiger partial charge in [-0.25, -0.2) is 4.98 Å². The lowest BCUT2D eigenvalue weighted by Crippen LogP contribution is -2.35. The van der Waals surface area contributed by atoms with E-state index in [1.165, 1.54) is 6.20 Å². The van der Waals surface area contributed by atoms with Crippen LogP contribution in [-0.2, 0) is 0 Å². The van der Waals surface area contributed by atoms with Gasteiger partial charge < -0.3 is 16.4 Å². The Balaban J connectivity index is 1.84. The van der Waals surface area contributed by atoms with E-state index in [-0.39, 0.29) is 17.6 Å². The maximum Gasteiger partial charge on any atom is 0.254 e. The van der Waals surface area contributed by atoms with E-state index in [9.17, 15) is 4.79 Å². The fourth-order valence-electron chi connectivity index (χ4n) is 3.05. The van der Waals surface area contributed by atoms with Gasteiger partial charge in [-0.3, -0.25) is 9.79 Å². The molecule has 1 aliphatic carbocycles. The molecule has 0 unspecified atom stereocenters. The second kappa shape index (κ2) is 7.74. The highest BCUT2D eigenvalue weighted by molar-refractivity contribution is 5.98. The van der Waals surface area contributed by atoms with Gasteiger partial charge in [-0.1, -0.05) is 31.0 Å². The zero-order valence-corrected chi connectivity index (χ0v) is 14.0. The van der Waals surface area contributed by atoms with Crippen molar-refractivity contribution >= 4 is 30.1 Å². The number of amides is 1. The largest absolute Gasteiger partial charge is 0.365 e. The number of anilines is 3. The Morgan fingerprint density at radius 3 is 2.72 bits per heavy atom. The van der Waals surface area contributed by atoms with Gasteiger partial charge in [0.1, 0.15) is 11.4 Å². The number of nitrogens with two attached hydrogens (primary N) is 1. The number of rotatable bonds is 6. The number of primary amides is 1. The molecule has 0 radical (unpaired) electrons. The molecule has 1 saturated carbocycles. The Hall–Kier alpha value is -2.96. The molecule has 3 rings (SSSR count). The third-order valence-corrected chi connectivity index (χ3v) is 4.37. The highest BCUT2D eigenvalue weighted by Gasteiger charge is 2.25. The van der Waals surface area contributed by atoms with Crippen molar-refractivity contribution in [3.63, 3.8) is 0 Å². The smallest absolute Gasteiger partial charge is 0.254 e. The predicted octanol–water partition coefficient (Wildman–Crippen LogP) is 2.74. The van der Waals surface area contributed by atoms with E-state index in [2.05, 4.69) is 32.3 Å². The van der Waals surface area contributed by atoms with Gasteiger partial charge in [-0.05, 0) is 31.7 Å². The molecule has 1 aromatic heterocycles. The zero-order chi connectivity index (χ0) is 17.6. The van der Waals surface area contributed by atoms with Crippen LogP contribution in [0.5, 0.6) is 0 Å². The first-order valence-corrected chi connectivity index (χ1v) is 8.38. The summed E-state index contributed by atoms with van der Waals surface area (Å²) < 4.78 is 0. The SMILES string of the molecule is C=N[C@H]1CCCC[C@H]1Nc1ncc(C(N)=O)c(Nc2ccccc2)n1. The molecule has 1 heterocycles. The molecule has 1 amide bonds. The van der Waals surface area contributed by atoms with Gasteiger partial charge in [0.15, 0.2) is 0 Å². The highest BCUT2D eigenvalue weighted by Crippen LogP contribution is 2.25. The van der Waals surface area contributed by atoms with Crippen LogP contribution in [-0.4, -0.2) is 34.7 Å². The van der Waals surface area contributed by atoms with Crippen molar-refractivity contribution in [1.82, 2.24) is 9.97 Å². The molecule has 130 valence electrons. The van der Waals surface area contributed by atoms with Crippen LogP contribution < -0.4 is 16.4 Å². The van der Waals surface area contributed by atoms with Gasteiger partial charge in [0, 0.05) is 11.9 Å². The Labute approximate surface area is 146 Å². The Morgan fingerprint density at radius 1 is 1.24 bits per heavy atom. The number of hydrogen-bond donors (Lipinski definition) is 3. The minimum absolute atomic E-state index is 0.148. The third kappa shape index (κ3) is 4.12. The highest BCUT2D eigenvalue weighted by atomic mass is 16.1. The van der Waals surface area contributed by atoms with E-state index in [0.717, 1.165) is 31.4 Å². The van der Waals surface area contributed by atoms with Gasteiger partial charge in [0.05, 0.1) is 12.1 Å². The van der Waals surface area contributed by atoms with Gasteiger partial charge >= 0.3 is 0 Å². The summed E-state index contributed by atoms with van der Waals surface area (Å²) in [5, 5.41) is 6.46. The van der Waals surface area contributed by atoms with E-state index < -0.39 is 5.91 Å².